The van der Waals surface area contributed by atoms with Gasteiger partial charge in [-0.05, 0) is 77.0 Å². The second-order valence-corrected chi connectivity index (χ2v) is 6.94. The summed E-state index contributed by atoms with van der Waals surface area (Å²) in [7, 11) is 1.49. The van der Waals surface area contributed by atoms with Crippen molar-refractivity contribution in [2.24, 2.45) is 10.8 Å². The highest BCUT2D eigenvalue weighted by atomic mass is 127. The third-order valence-electron chi connectivity index (χ3n) is 3.57. The number of carbonyl (C=O) groups excluding carboxylic acids is 2. The molecule has 0 aliphatic rings. The first-order valence-corrected chi connectivity index (χ1v) is 9.38. The Hall–Kier alpha value is -2.82. The molecule has 4 N–H and O–H groups in total. The van der Waals surface area contributed by atoms with Gasteiger partial charge in [0.15, 0.2) is 18.1 Å². The molecule has 0 radical (unpaired) electrons. The van der Waals surface area contributed by atoms with Gasteiger partial charge >= 0.3 is 0 Å². The van der Waals surface area contributed by atoms with E-state index in [1.807, 2.05) is 25.1 Å². The number of halogens is 1. The summed E-state index contributed by atoms with van der Waals surface area (Å²) >= 11 is 2.26. The van der Waals surface area contributed by atoms with Crippen LogP contribution in [0.5, 0.6) is 11.5 Å². The molecule has 0 bridgehead atoms. The van der Waals surface area contributed by atoms with E-state index in [1.165, 1.54) is 13.3 Å². The van der Waals surface area contributed by atoms with Crippen LogP contribution in [0.3, 0.4) is 0 Å². The van der Waals surface area contributed by atoms with Crippen LogP contribution in [0, 0.1) is 10.5 Å². The number of nitrogens with two attached hydrogens (primary N) is 1. The van der Waals surface area contributed by atoms with E-state index in [0.717, 1.165) is 14.8 Å². The van der Waals surface area contributed by atoms with Crippen molar-refractivity contribution in [2.75, 3.05) is 25.6 Å². The molecule has 0 aromatic heterocycles. The molecular weight excluding hydrogens is 475 g/mol. The highest BCUT2D eigenvalue weighted by molar-refractivity contribution is 14.1. The Bertz CT molecular complexity index is 886. The highest BCUT2D eigenvalue weighted by Crippen LogP contribution is 2.27. The van der Waals surface area contributed by atoms with Crippen LogP contribution in [0.1, 0.15) is 11.1 Å². The van der Waals surface area contributed by atoms with Gasteiger partial charge < -0.3 is 20.5 Å². The van der Waals surface area contributed by atoms with E-state index in [1.54, 1.807) is 18.2 Å². The molecule has 148 valence electrons. The normalized spacial score (nSPS) is 10.5. The zero-order valence-electron chi connectivity index (χ0n) is 15.5. The number of rotatable bonds is 9. The third kappa shape index (κ3) is 6.72. The van der Waals surface area contributed by atoms with Crippen LogP contribution in [0.25, 0.3) is 0 Å². The lowest BCUT2D eigenvalue weighted by Crippen LogP contribution is -2.25. The maximum Gasteiger partial charge on any atom is 0.259 e. The molecule has 2 aromatic rings. The van der Waals surface area contributed by atoms with E-state index < -0.39 is 5.91 Å². The Kier molecular flexibility index (Phi) is 8.05. The maximum absolute atomic E-state index is 11.9. The lowest BCUT2D eigenvalue weighted by Gasteiger charge is -2.10. The predicted octanol–water partition coefficient (Wildman–Crippen LogP) is 2.03. The maximum atomic E-state index is 11.9. The fourth-order valence-electron chi connectivity index (χ4n) is 2.19. The summed E-state index contributed by atoms with van der Waals surface area (Å²) in [6, 6.07) is 10.9. The number of hydrogen-bond donors (Lipinski definition) is 3. The Morgan fingerprint density at radius 2 is 2.00 bits per heavy atom. The van der Waals surface area contributed by atoms with E-state index in [-0.39, 0.29) is 19.1 Å². The number of benzene rings is 2. The Morgan fingerprint density at radius 3 is 2.68 bits per heavy atom. The van der Waals surface area contributed by atoms with E-state index in [2.05, 4.69) is 38.4 Å². The first-order chi connectivity index (χ1) is 13.4. The van der Waals surface area contributed by atoms with Gasteiger partial charge in [0.2, 0.25) is 0 Å². The van der Waals surface area contributed by atoms with Crippen molar-refractivity contribution in [2.45, 2.75) is 6.92 Å². The molecule has 2 rings (SSSR count). The van der Waals surface area contributed by atoms with Gasteiger partial charge in [-0.1, -0.05) is 0 Å². The van der Waals surface area contributed by atoms with E-state index in [4.69, 9.17) is 15.2 Å². The first kappa shape index (κ1) is 21.5. The number of hydrogen-bond acceptors (Lipinski definition) is 6. The standard InChI is InChI=1S/C19H21IN4O4/c1-12-7-14(4-5-15(12)20)22-10-19(26)24-23-9-13-3-6-16(27-2)17(8-13)28-11-18(21)25/h3-9,22H,10-11H2,1-2H3,(H2,21,25)(H,24,26). The van der Waals surface area contributed by atoms with Gasteiger partial charge in [-0.2, -0.15) is 5.10 Å². The number of methoxy groups -OCH3 is 1. The molecule has 0 saturated heterocycles. The molecule has 9 heteroatoms. The molecule has 2 aromatic carbocycles. The number of anilines is 1. The van der Waals surface area contributed by atoms with Crippen molar-refractivity contribution < 1.29 is 19.1 Å². The van der Waals surface area contributed by atoms with Gasteiger partial charge in [-0.15, -0.1) is 0 Å². The Morgan fingerprint density at radius 1 is 1.21 bits per heavy atom. The zero-order valence-corrected chi connectivity index (χ0v) is 17.6. The van der Waals surface area contributed by atoms with Crippen LogP contribution in [0.2, 0.25) is 0 Å². The van der Waals surface area contributed by atoms with Crippen LogP contribution in [0.4, 0.5) is 5.69 Å². The van der Waals surface area contributed by atoms with Gasteiger partial charge in [0, 0.05) is 9.26 Å². The summed E-state index contributed by atoms with van der Waals surface area (Å²) in [5, 5.41) is 6.97. The minimum atomic E-state index is -0.593. The summed E-state index contributed by atoms with van der Waals surface area (Å²) < 4.78 is 11.6. The molecule has 0 aliphatic carbocycles. The lowest BCUT2D eigenvalue weighted by molar-refractivity contribution is -0.120. The quantitative estimate of drug-likeness (QED) is 0.279. The molecule has 0 saturated carbocycles. The predicted molar refractivity (Wildman–Crippen MR) is 116 cm³/mol. The highest BCUT2D eigenvalue weighted by Gasteiger charge is 2.07. The molecule has 28 heavy (non-hydrogen) atoms. The Balaban J connectivity index is 1.90. The van der Waals surface area contributed by atoms with Gasteiger partial charge in [0.05, 0.1) is 19.9 Å². The smallest absolute Gasteiger partial charge is 0.259 e. The molecule has 0 aliphatic heterocycles. The zero-order chi connectivity index (χ0) is 20.5. The van der Waals surface area contributed by atoms with E-state index in [9.17, 15) is 9.59 Å². The SMILES string of the molecule is COc1ccc(C=NNC(=O)CNc2ccc(I)c(C)c2)cc1OCC(N)=O. The first-order valence-electron chi connectivity index (χ1n) is 8.30. The van der Waals surface area contributed by atoms with Crippen molar-refractivity contribution in [3.63, 3.8) is 0 Å². The topological polar surface area (TPSA) is 115 Å². The average Bonchev–Trinajstić information content (AvgIpc) is 2.67. The van der Waals surface area contributed by atoms with Crippen molar-refractivity contribution in [1.82, 2.24) is 5.43 Å². The monoisotopic (exact) mass is 496 g/mol. The molecule has 0 heterocycles. The molecule has 0 atom stereocenters. The van der Waals surface area contributed by atoms with Crippen LogP contribution in [0.15, 0.2) is 41.5 Å². The molecule has 0 spiro atoms. The fourth-order valence-corrected chi connectivity index (χ4v) is 2.53. The van der Waals surface area contributed by atoms with Crippen molar-refractivity contribution in [3.8, 4) is 11.5 Å². The number of ether oxygens (including phenoxy) is 2. The average molecular weight is 496 g/mol. The number of nitrogens with one attached hydrogen (secondary N) is 2. The summed E-state index contributed by atoms with van der Waals surface area (Å²) in [4.78, 5) is 22.8. The van der Waals surface area contributed by atoms with Gasteiger partial charge in [0.25, 0.3) is 11.8 Å². The summed E-state index contributed by atoms with van der Waals surface area (Å²) in [6.45, 7) is 1.83. The minimum absolute atomic E-state index is 0.0902. The fraction of sp³-hybridized carbons (Fsp3) is 0.211. The van der Waals surface area contributed by atoms with E-state index >= 15 is 0 Å². The van der Waals surface area contributed by atoms with Gasteiger partial charge in [0.1, 0.15) is 0 Å². The third-order valence-corrected chi connectivity index (χ3v) is 4.78. The van der Waals surface area contributed by atoms with Crippen LogP contribution >= 0.6 is 22.6 Å². The van der Waals surface area contributed by atoms with Crippen molar-refractivity contribution in [3.05, 3.63) is 51.1 Å². The van der Waals surface area contributed by atoms with Crippen LogP contribution in [-0.4, -0.2) is 38.3 Å². The van der Waals surface area contributed by atoms with Crippen LogP contribution < -0.4 is 25.9 Å². The van der Waals surface area contributed by atoms with Gasteiger partial charge in [-0.25, -0.2) is 5.43 Å². The largest absolute Gasteiger partial charge is 0.493 e. The van der Waals surface area contributed by atoms with E-state index in [0.29, 0.717) is 17.1 Å². The number of hydrazone groups is 1. The van der Waals surface area contributed by atoms with Crippen LogP contribution in [-0.2, 0) is 9.59 Å². The van der Waals surface area contributed by atoms with Crippen molar-refractivity contribution in [1.29, 1.82) is 0 Å². The summed E-state index contributed by atoms with van der Waals surface area (Å²) in [5.74, 6) is -0.0675. The summed E-state index contributed by atoms with van der Waals surface area (Å²) in [5.41, 5.74) is 10.2. The Labute approximate surface area is 176 Å². The lowest BCUT2D eigenvalue weighted by atomic mass is 10.2. The van der Waals surface area contributed by atoms with Gasteiger partial charge in [-0.3, -0.25) is 9.59 Å². The molecular formula is C19H21IN4O4. The van der Waals surface area contributed by atoms with Crippen molar-refractivity contribution >= 4 is 46.3 Å². The number of nitrogens with zero attached hydrogens (tertiary/aromatic N) is 1. The number of amides is 2. The number of aryl methyl sites for hydroxylation is 1. The molecule has 0 unspecified atom stereocenters. The number of primary amides is 1. The second-order valence-electron chi connectivity index (χ2n) is 5.78. The summed E-state index contributed by atoms with van der Waals surface area (Å²) in [6.07, 6.45) is 1.46. The molecule has 8 nitrogen and oxygen atoms in total. The molecule has 0 fully saturated rings. The molecule has 2 amide bonds. The second kappa shape index (κ2) is 10.5. The minimum Gasteiger partial charge on any atom is -0.493 e. The number of carbonyl (C=O) groups is 2.